The number of nitriles is 1. The molecule has 1 heterocycles. The van der Waals surface area contributed by atoms with E-state index in [2.05, 4.69) is 0 Å². The van der Waals surface area contributed by atoms with Crippen molar-refractivity contribution in [1.29, 1.82) is 5.26 Å². The molecule has 0 bridgehead atoms. The second kappa shape index (κ2) is 3.07. The predicted molar refractivity (Wildman–Crippen MR) is 45.8 cm³/mol. The van der Waals surface area contributed by atoms with E-state index in [-0.39, 0.29) is 11.4 Å². The molecule has 0 radical (unpaired) electrons. The lowest BCUT2D eigenvalue weighted by atomic mass is 10.2. The summed E-state index contributed by atoms with van der Waals surface area (Å²) in [5.41, 5.74) is 4.19. The summed E-state index contributed by atoms with van der Waals surface area (Å²) in [4.78, 5) is 11.0. The van der Waals surface area contributed by atoms with Gasteiger partial charge in [0.05, 0.1) is 0 Å². The second-order valence-corrected chi connectivity index (χ2v) is 2.74. The molecule has 68 valence electrons. The van der Waals surface area contributed by atoms with Crippen LogP contribution in [0.4, 0.5) is 10.2 Å². The van der Waals surface area contributed by atoms with Crippen molar-refractivity contribution < 1.29 is 4.39 Å². The molecular formula is C7H5ClFN3O. The molecule has 6 heteroatoms. The van der Waals surface area contributed by atoms with E-state index < -0.39 is 16.4 Å². The van der Waals surface area contributed by atoms with Gasteiger partial charge in [-0.25, -0.2) is 0 Å². The Labute approximate surface area is 78.0 Å². The Balaban J connectivity index is 3.80. The van der Waals surface area contributed by atoms with Crippen LogP contribution in [0.2, 0.25) is 5.02 Å². The zero-order valence-electron chi connectivity index (χ0n) is 6.64. The van der Waals surface area contributed by atoms with Gasteiger partial charge in [0, 0.05) is 7.05 Å². The number of rotatable bonds is 0. The minimum Gasteiger partial charge on any atom is -0.384 e. The largest absolute Gasteiger partial charge is 0.384 e. The third-order valence-corrected chi connectivity index (χ3v) is 1.99. The lowest BCUT2D eigenvalue weighted by molar-refractivity contribution is 0.592. The van der Waals surface area contributed by atoms with Crippen molar-refractivity contribution >= 4 is 17.4 Å². The van der Waals surface area contributed by atoms with Gasteiger partial charge in [-0.15, -0.1) is 0 Å². The lowest BCUT2D eigenvalue weighted by Gasteiger charge is -2.06. The van der Waals surface area contributed by atoms with E-state index in [0.717, 1.165) is 4.57 Å². The monoisotopic (exact) mass is 201 g/mol. The van der Waals surface area contributed by atoms with Crippen LogP contribution in [0.15, 0.2) is 4.79 Å². The number of nitrogen functional groups attached to an aromatic ring is 1. The van der Waals surface area contributed by atoms with Crippen molar-refractivity contribution in [2.75, 3.05) is 5.73 Å². The van der Waals surface area contributed by atoms with Crippen molar-refractivity contribution in [2.24, 2.45) is 7.05 Å². The zero-order valence-corrected chi connectivity index (χ0v) is 7.39. The fraction of sp³-hybridized carbons (Fsp3) is 0.143. The maximum Gasteiger partial charge on any atom is 0.289 e. The summed E-state index contributed by atoms with van der Waals surface area (Å²) < 4.78 is 13.8. The molecule has 1 aromatic heterocycles. The Hall–Kier alpha value is -1.54. The van der Waals surface area contributed by atoms with Gasteiger partial charge in [0.1, 0.15) is 22.5 Å². The molecule has 0 aliphatic carbocycles. The van der Waals surface area contributed by atoms with E-state index >= 15 is 0 Å². The number of nitrogens with two attached hydrogens (primary N) is 1. The quantitative estimate of drug-likeness (QED) is 0.669. The van der Waals surface area contributed by atoms with Crippen LogP contribution in [0, 0.1) is 17.1 Å². The summed E-state index contributed by atoms with van der Waals surface area (Å²) >= 11 is 5.39. The molecule has 0 saturated carbocycles. The maximum atomic E-state index is 12.9. The van der Waals surface area contributed by atoms with E-state index in [1.165, 1.54) is 7.05 Å². The Morgan fingerprint density at radius 2 is 2.23 bits per heavy atom. The van der Waals surface area contributed by atoms with Crippen molar-refractivity contribution in [3.63, 3.8) is 0 Å². The SMILES string of the molecule is Cn1c(N)c(C#N)c(Cl)c(F)c1=O. The van der Waals surface area contributed by atoms with Gasteiger partial charge in [-0.3, -0.25) is 9.36 Å². The van der Waals surface area contributed by atoms with Gasteiger partial charge in [0.2, 0.25) is 5.82 Å². The molecule has 1 rings (SSSR count). The first-order valence-electron chi connectivity index (χ1n) is 3.24. The molecule has 0 saturated heterocycles. The number of hydrogen-bond donors (Lipinski definition) is 1. The van der Waals surface area contributed by atoms with Gasteiger partial charge < -0.3 is 5.73 Å². The zero-order chi connectivity index (χ0) is 10.2. The molecular weight excluding hydrogens is 197 g/mol. The van der Waals surface area contributed by atoms with Crippen molar-refractivity contribution in [3.05, 3.63) is 26.8 Å². The Kier molecular flexibility index (Phi) is 2.26. The van der Waals surface area contributed by atoms with Crippen molar-refractivity contribution in [1.82, 2.24) is 4.57 Å². The molecule has 0 aromatic carbocycles. The van der Waals surface area contributed by atoms with Crippen LogP contribution in [-0.4, -0.2) is 4.57 Å². The molecule has 0 spiro atoms. The minimum atomic E-state index is -1.16. The first-order valence-corrected chi connectivity index (χ1v) is 3.62. The van der Waals surface area contributed by atoms with Gasteiger partial charge in [-0.1, -0.05) is 11.6 Å². The molecule has 0 unspecified atom stereocenters. The standard InChI is InChI=1S/C7H5ClFN3O/c1-12-6(11)3(2-10)4(8)5(9)7(12)13/h11H2,1H3. The summed E-state index contributed by atoms with van der Waals surface area (Å²) in [7, 11) is 1.26. The summed E-state index contributed by atoms with van der Waals surface area (Å²) in [6.45, 7) is 0. The molecule has 0 amide bonds. The first-order chi connectivity index (χ1) is 6.00. The average molecular weight is 202 g/mol. The minimum absolute atomic E-state index is 0.140. The molecule has 2 N–H and O–H groups in total. The summed E-state index contributed by atoms with van der Waals surface area (Å²) in [5, 5.41) is 8.02. The van der Waals surface area contributed by atoms with Crippen LogP contribution >= 0.6 is 11.6 Å². The van der Waals surface area contributed by atoms with Crippen LogP contribution in [0.5, 0.6) is 0 Å². The molecule has 0 fully saturated rings. The van der Waals surface area contributed by atoms with E-state index in [1.54, 1.807) is 6.07 Å². The fourth-order valence-electron chi connectivity index (χ4n) is 0.847. The molecule has 0 atom stereocenters. The highest BCUT2D eigenvalue weighted by atomic mass is 35.5. The normalized spacial score (nSPS) is 9.69. The number of nitrogens with zero attached hydrogens (tertiary/aromatic N) is 2. The van der Waals surface area contributed by atoms with Crippen LogP contribution in [0.25, 0.3) is 0 Å². The molecule has 4 nitrogen and oxygen atoms in total. The Morgan fingerprint density at radius 1 is 1.69 bits per heavy atom. The topological polar surface area (TPSA) is 71.8 Å². The number of aromatic nitrogens is 1. The van der Waals surface area contributed by atoms with Crippen LogP contribution in [0.1, 0.15) is 5.56 Å². The average Bonchev–Trinajstić information content (AvgIpc) is 2.13. The highest BCUT2D eigenvalue weighted by Gasteiger charge is 2.16. The van der Waals surface area contributed by atoms with E-state index in [4.69, 9.17) is 22.6 Å². The lowest BCUT2D eigenvalue weighted by Crippen LogP contribution is -2.24. The fourth-order valence-corrected chi connectivity index (χ4v) is 1.07. The van der Waals surface area contributed by atoms with Gasteiger partial charge in [0.15, 0.2) is 0 Å². The maximum absolute atomic E-state index is 12.9. The molecule has 0 aliphatic rings. The third kappa shape index (κ3) is 1.25. The third-order valence-electron chi connectivity index (χ3n) is 1.63. The summed E-state index contributed by atoms with van der Waals surface area (Å²) in [6, 6.07) is 1.62. The Bertz CT molecular complexity index is 428. The van der Waals surface area contributed by atoms with Crippen LogP contribution in [0.3, 0.4) is 0 Å². The predicted octanol–water partition coefficient (Wildman–Crippen LogP) is 0.632. The summed E-state index contributed by atoms with van der Waals surface area (Å²) in [5.74, 6) is -1.30. The van der Waals surface area contributed by atoms with E-state index in [9.17, 15) is 9.18 Å². The number of anilines is 1. The molecule has 0 aliphatic heterocycles. The van der Waals surface area contributed by atoms with Crippen LogP contribution in [-0.2, 0) is 7.05 Å². The smallest absolute Gasteiger partial charge is 0.289 e. The first kappa shape index (κ1) is 9.55. The molecule has 1 aromatic rings. The number of halogens is 2. The molecule has 13 heavy (non-hydrogen) atoms. The highest BCUT2D eigenvalue weighted by molar-refractivity contribution is 6.32. The van der Waals surface area contributed by atoms with Crippen molar-refractivity contribution in [3.8, 4) is 6.07 Å². The van der Waals surface area contributed by atoms with Gasteiger partial charge in [-0.2, -0.15) is 9.65 Å². The second-order valence-electron chi connectivity index (χ2n) is 2.36. The number of hydrogen-bond acceptors (Lipinski definition) is 3. The highest BCUT2D eigenvalue weighted by Crippen LogP contribution is 2.20. The summed E-state index contributed by atoms with van der Waals surface area (Å²) in [6.07, 6.45) is 0. The van der Waals surface area contributed by atoms with Crippen molar-refractivity contribution in [2.45, 2.75) is 0 Å². The number of pyridine rings is 1. The van der Waals surface area contributed by atoms with Gasteiger partial charge in [-0.05, 0) is 0 Å². The van der Waals surface area contributed by atoms with E-state index in [1.807, 2.05) is 0 Å². The van der Waals surface area contributed by atoms with Gasteiger partial charge >= 0.3 is 0 Å². The van der Waals surface area contributed by atoms with Gasteiger partial charge in [0.25, 0.3) is 5.56 Å². The Morgan fingerprint density at radius 3 is 2.69 bits per heavy atom. The van der Waals surface area contributed by atoms with Crippen LogP contribution < -0.4 is 11.3 Å². The van der Waals surface area contributed by atoms with E-state index in [0.29, 0.717) is 0 Å².